The quantitative estimate of drug-likeness (QED) is 0.845. The van der Waals surface area contributed by atoms with E-state index in [4.69, 9.17) is 10.5 Å². The molecule has 0 aliphatic heterocycles. The number of pyridine rings is 1. The maximum atomic E-state index is 10.9. The Labute approximate surface area is 93.0 Å². The average Bonchev–Trinajstić information content (AvgIpc) is 2.29. The van der Waals surface area contributed by atoms with Crippen LogP contribution in [0.4, 0.5) is 0 Å². The predicted octanol–water partition coefficient (Wildman–Crippen LogP) is 1.49. The number of ether oxygens (including phenoxy) is 1. The number of rotatable bonds is 3. The summed E-state index contributed by atoms with van der Waals surface area (Å²) in [6.07, 6.45) is 1.06. The van der Waals surface area contributed by atoms with Crippen LogP contribution in [0, 0.1) is 0 Å². The van der Waals surface area contributed by atoms with Crippen LogP contribution in [-0.2, 0) is 4.79 Å². The van der Waals surface area contributed by atoms with E-state index in [1.807, 2.05) is 24.3 Å². The monoisotopic (exact) mass is 216 g/mol. The Balaban J connectivity index is 2.41. The molecule has 0 aliphatic carbocycles. The van der Waals surface area contributed by atoms with E-state index in [0.717, 1.165) is 10.9 Å². The van der Waals surface area contributed by atoms with Crippen molar-refractivity contribution in [2.24, 2.45) is 5.73 Å². The molecule has 4 nitrogen and oxygen atoms in total. The molecule has 2 rings (SSSR count). The van der Waals surface area contributed by atoms with Gasteiger partial charge >= 0.3 is 0 Å². The highest BCUT2D eigenvalue weighted by atomic mass is 16.5. The van der Waals surface area contributed by atoms with Gasteiger partial charge in [-0.3, -0.25) is 9.78 Å². The van der Waals surface area contributed by atoms with E-state index in [2.05, 4.69) is 4.98 Å². The summed E-state index contributed by atoms with van der Waals surface area (Å²) in [7, 11) is 0. The Morgan fingerprint density at radius 1 is 1.38 bits per heavy atom. The van der Waals surface area contributed by atoms with Crippen LogP contribution in [0.3, 0.4) is 0 Å². The normalized spacial score (nSPS) is 12.3. The molecular weight excluding hydrogens is 204 g/mol. The molecular formula is C12H12N2O2. The molecule has 0 radical (unpaired) electrons. The molecule has 1 unspecified atom stereocenters. The maximum absolute atomic E-state index is 10.9. The summed E-state index contributed by atoms with van der Waals surface area (Å²) in [5.41, 5.74) is 5.98. The first-order valence-corrected chi connectivity index (χ1v) is 4.98. The van der Waals surface area contributed by atoms with Crippen LogP contribution in [-0.4, -0.2) is 17.0 Å². The third-order valence-corrected chi connectivity index (χ3v) is 2.31. The van der Waals surface area contributed by atoms with Crippen molar-refractivity contribution >= 4 is 16.8 Å². The molecule has 0 saturated heterocycles. The number of nitrogens with two attached hydrogens (primary N) is 1. The maximum Gasteiger partial charge on any atom is 0.258 e. The van der Waals surface area contributed by atoms with Gasteiger partial charge in [-0.1, -0.05) is 6.07 Å². The Hall–Kier alpha value is -2.10. The number of aromatic nitrogens is 1. The van der Waals surface area contributed by atoms with Gasteiger partial charge in [0.15, 0.2) is 6.10 Å². The molecule has 1 heterocycles. The van der Waals surface area contributed by atoms with Gasteiger partial charge in [-0.25, -0.2) is 0 Å². The highest BCUT2D eigenvalue weighted by Gasteiger charge is 2.11. The standard InChI is InChI=1S/C12H12N2O2/c1-8(12(13)15)16-11-6-2-5-10-9(11)4-3-7-14-10/h2-8H,1H3,(H2,13,15). The van der Waals surface area contributed by atoms with E-state index in [1.165, 1.54) is 0 Å². The van der Waals surface area contributed by atoms with E-state index < -0.39 is 12.0 Å². The Bertz CT molecular complexity index is 520. The minimum atomic E-state index is -0.647. The van der Waals surface area contributed by atoms with Gasteiger partial charge in [0.2, 0.25) is 0 Å². The number of fused-ring (bicyclic) bond motifs is 1. The fourth-order valence-electron chi connectivity index (χ4n) is 1.43. The summed E-state index contributed by atoms with van der Waals surface area (Å²) in [5, 5.41) is 0.873. The minimum absolute atomic E-state index is 0.485. The summed E-state index contributed by atoms with van der Waals surface area (Å²) >= 11 is 0. The third-order valence-electron chi connectivity index (χ3n) is 2.31. The predicted molar refractivity (Wildman–Crippen MR) is 61.0 cm³/mol. The van der Waals surface area contributed by atoms with Gasteiger partial charge in [0.05, 0.1) is 5.52 Å². The van der Waals surface area contributed by atoms with Gasteiger partial charge in [-0.05, 0) is 31.2 Å². The number of nitrogens with zero attached hydrogens (tertiary/aromatic N) is 1. The summed E-state index contributed by atoms with van der Waals surface area (Å²) in [4.78, 5) is 15.1. The van der Waals surface area contributed by atoms with Crippen molar-refractivity contribution in [3.05, 3.63) is 36.5 Å². The number of primary amides is 1. The van der Waals surface area contributed by atoms with Gasteiger partial charge in [0, 0.05) is 11.6 Å². The summed E-state index contributed by atoms with van der Waals surface area (Å²) in [6, 6.07) is 9.23. The van der Waals surface area contributed by atoms with Gasteiger partial charge in [0.25, 0.3) is 5.91 Å². The fraction of sp³-hybridized carbons (Fsp3) is 0.167. The third kappa shape index (κ3) is 1.95. The number of hydrogen-bond acceptors (Lipinski definition) is 3. The molecule has 0 fully saturated rings. The van der Waals surface area contributed by atoms with E-state index in [9.17, 15) is 4.79 Å². The highest BCUT2D eigenvalue weighted by Crippen LogP contribution is 2.24. The average molecular weight is 216 g/mol. The lowest BCUT2D eigenvalue weighted by Crippen LogP contribution is -2.30. The zero-order valence-corrected chi connectivity index (χ0v) is 8.88. The van der Waals surface area contributed by atoms with Gasteiger partial charge in [0.1, 0.15) is 5.75 Å². The van der Waals surface area contributed by atoms with Crippen LogP contribution < -0.4 is 10.5 Å². The SMILES string of the molecule is CC(Oc1cccc2ncccc12)C(N)=O. The molecule has 0 aliphatic rings. The summed E-state index contributed by atoms with van der Waals surface area (Å²) in [5.74, 6) is 0.137. The fourth-order valence-corrected chi connectivity index (χ4v) is 1.43. The molecule has 1 amide bonds. The van der Waals surface area contributed by atoms with Crippen LogP contribution in [0.1, 0.15) is 6.92 Å². The Morgan fingerprint density at radius 2 is 2.19 bits per heavy atom. The highest BCUT2D eigenvalue weighted by molar-refractivity contribution is 5.85. The van der Waals surface area contributed by atoms with Gasteiger partial charge in [-0.2, -0.15) is 0 Å². The van der Waals surface area contributed by atoms with Gasteiger partial charge < -0.3 is 10.5 Å². The van der Waals surface area contributed by atoms with E-state index >= 15 is 0 Å². The van der Waals surface area contributed by atoms with Gasteiger partial charge in [-0.15, -0.1) is 0 Å². The number of carbonyl (C=O) groups excluding carboxylic acids is 1. The van der Waals surface area contributed by atoms with Crippen molar-refractivity contribution in [3.8, 4) is 5.75 Å². The number of carbonyl (C=O) groups is 1. The molecule has 4 heteroatoms. The van der Waals surface area contributed by atoms with E-state index in [1.54, 1.807) is 19.2 Å². The Morgan fingerprint density at radius 3 is 2.94 bits per heavy atom. The lowest BCUT2D eigenvalue weighted by Gasteiger charge is -2.12. The molecule has 0 saturated carbocycles. The second-order valence-electron chi connectivity index (χ2n) is 3.49. The van der Waals surface area contributed by atoms with Crippen molar-refractivity contribution < 1.29 is 9.53 Å². The van der Waals surface area contributed by atoms with Crippen molar-refractivity contribution in [2.75, 3.05) is 0 Å². The molecule has 16 heavy (non-hydrogen) atoms. The molecule has 1 aromatic carbocycles. The first kappa shape index (κ1) is 10.4. The summed E-state index contributed by atoms with van der Waals surface area (Å²) in [6.45, 7) is 1.62. The van der Waals surface area contributed by atoms with Crippen LogP contribution in [0.25, 0.3) is 10.9 Å². The first-order valence-electron chi connectivity index (χ1n) is 4.98. The molecule has 1 atom stereocenters. The number of amides is 1. The minimum Gasteiger partial charge on any atom is -0.480 e. The van der Waals surface area contributed by atoms with Crippen LogP contribution in [0.2, 0.25) is 0 Å². The second-order valence-corrected chi connectivity index (χ2v) is 3.49. The smallest absolute Gasteiger partial charge is 0.258 e. The molecule has 1 aromatic heterocycles. The van der Waals surface area contributed by atoms with Crippen LogP contribution in [0.15, 0.2) is 36.5 Å². The van der Waals surface area contributed by atoms with Crippen molar-refractivity contribution in [1.29, 1.82) is 0 Å². The first-order chi connectivity index (χ1) is 7.68. The molecule has 0 bridgehead atoms. The molecule has 2 aromatic rings. The second kappa shape index (κ2) is 4.18. The zero-order chi connectivity index (χ0) is 11.5. The molecule has 2 N–H and O–H groups in total. The van der Waals surface area contributed by atoms with Crippen LogP contribution >= 0.6 is 0 Å². The molecule has 0 spiro atoms. The van der Waals surface area contributed by atoms with Crippen LogP contribution in [0.5, 0.6) is 5.75 Å². The van der Waals surface area contributed by atoms with E-state index in [0.29, 0.717) is 5.75 Å². The zero-order valence-electron chi connectivity index (χ0n) is 8.88. The van der Waals surface area contributed by atoms with Crippen molar-refractivity contribution in [2.45, 2.75) is 13.0 Å². The summed E-state index contributed by atoms with van der Waals surface area (Å²) < 4.78 is 5.47. The Kier molecular flexibility index (Phi) is 2.72. The lowest BCUT2D eigenvalue weighted by molar-refractivity contribution is -0.123. The molecule has 82 valence electrons. The van der Waals surface area contributed by atoms with E-state index in [-0.39, 0.29) is 0 Å². The number of hydrogen-bond donors (Lipinski definition) is 1. The largest absolute Gasteiger partial charge is 0.480 e. The number of benzene rings is 1. The van der Waals surface area contributed by atoms with Crippen molar-refractivity contribution in [3.63, 3.8) is 0 Å². The topological polar surface area (TPSA) is 65.2 Å². The van der Waals surface area contributed by atoms with Crippen molar-refractivity contribution in [1.82, 2.24) is 4.98 Å². The lowest BCUT2D eigenvalue weighted by atomic mass is 10.2.